The van der Waals surface area contributed by atoms with Crippen molar-refractivity contribution in [3.63, 3.8) is 0 Å². The number of rotatable bonds is 4. The summed E-state index contributed by atoms with van der Waals surface area (Å²) in [4.78, 5) is 5.06. The highest BCUT2D eigenvalue weighted by atomic mass is 32.2. The minimum absolute atomic E-state index is 1.13. The molecule has 76 valence electrons. The first-order valence-corrected chi connectivity index (χ1v) is 5.81. The zero-order valence-electron chi connectivity index (χ0n) is 8.92. The fourth-order valence-electron chi connectivity index (χ4n) is 1.40. The lowest BCUT2D eigenvalue weighted by Crippen LogP contribution is -1.93. The molecule has 1 nitrogen and oxygen atoms in total. The molecular formula is C12H17NS. The lowest BCUT2D eigenvalue weighted by atomic mass is 9.97. The number of allylic oxidation sites excluding steroid dienone is 4. The molecule has 0 saturated carbocycles. The van der Waals surface area contributed by atoms with Crippen LogP contribution in [0.25, 0.3) is 0 Å². The Morgan fingerprint density at radius 1 is 1.57 bits per heavy atom. The van der Waals surface area contributed by atoms with Gasteiger partial charge in [-0.15, -0.1) is 0 Å². The lowest BCUT2D eigenvalue weighted by molar-refractivity contribution is 0.871. The van der Waals surface area contributed by atoms with Crippen molar-refractivity contribution in [3.05, 3.63) is 34.8 Å². The molecule has 0 fully saturated rings. The number of aliphatic imine (C=N–C) groups is 1. The molecule has 0 bridgehead atoms. The molecule has 2 heteroatoms. The predicted molar refractivity (Wildman–Crippen MR) is 66.8 cm³/mol. The van der Waals surface area contributed by atoms with Gasteiger partial charge in [-0.2, -0.15) is 0 Å². The van der Waals surface area contributed by atoms with E-state index in [4.69, 9.17) is 0 Å². The zero-order valence-corrected chi connectivity index (χ0v) is 9.73. The van der Waals surface area contributed by atoms with Crippen molar-refractivity contribution in [1.29, 1.82) is 0 Å². The normalized spacial score (nSPS) is 16.7. The van der Waals surface area contributed by atoms with E-state index in [9.17, 15) is 0 Å². The smallest absolute Gasteiger partial charge is 0.0585 e. The number of nitrogens with zero attached hydrogens (tertiary/aromatic N) is 1. The van der Waals surface area contributed by atoms with Gasteiger partial charge in [0.2, 0.25) is 0 Å². The summed E-state index contributed by atoms with van der Waals surface area (Å²) in [7, 11) is 1.78. The average Bonchev–Trinajstić information content (AvgIpc) is 2.26. The summed E-state index contributed by atoms with van der Waals surface area (Å²) < 4.78 is 0. The second-order valence-corrected chi connectivity index (χ2v) is 4.21. The molecule has 0 aromatic rings. The van der Waals surface area contributed by atoms with E-state index >= 15 is 0 Å². The molecule has 14 heavy (non-hydrogen) atoms. The topological polar surface area (TPSA) is 12.4 Å². The van der Waals surface area contributed by atoms with Gasteiger partial charge in [-0.25, -0.2) is 0 Å². The Kier molecular flexibility index (Phi) is 4.74. The Hall–Kier alpha value is -0.760. The van der Waals surface area contributed by atoms with Gasteiger partial charge in [0.25, 0.3) is 0 Å². The number of thioether (sulfide) groups is 1. The SMILES string of the molecule is C=C(SC=NC)C1=CC=C(CC)CC1. The van der Waals surface area contributed by atoms with Crippen molar-refractivity contribution in [2.45, 2.75) is 26.2 Å². The molecule has 0 atom stereocenters. The van der Waals surface area contributed by atoms with Crippen molar-refractivity contribution in [3.8, 4) is 0 Å². The third-order valence-electron chi connectivity index (χ3n) is 2.35. The minimum Gasteiger partial charge on any atom is -0.289 e. The van der Waals surface area contributed by atoms with Crippen molar-refractivity contribution in [1.82, 2.24) is 0 Å². The van der Waals surface area contributed by atoms with Crippen LogP contribution in [0.15, 0.2) is 39.8 Å². The summed E-state index contributed by atoms with van der Waals surface area (Å²) in [5, 5.41) is 0. The van der Waals surface area contributed by atoms with Crippen molar-refractivity contribution in [2.24, 2.45) is 4.99 Å². The van der Waals surface area contributed by atoms with E-state index in [-0.39, 0.29) is 0 Å². The summed E-state index contributed by atoms with van der Waals surface area (Å²) in [6.07, 6.45) is 7.91. The molecule has 0 saturated heterocycles. The lowest BCUT2D eigenvalue weighted by Gasteiger charge is -2.13. The molecule has 0 aromatic carbocycles. The summed E-state index contributed by atoms with van der Waals surface area (Å²) in [6.45, 7) is 6.25. The van der Waals surface area contributed by atoms with Crippen molar-refractivity contribution < 1.29 is 0 Å². The monoisotopic (exact) mass is 207 g/mol. The molecule has 1 aliphatic carbocycles. The second kappa shape index (κ2) is 5.86. The highest BCUT2D eigenvalue weighted by Gasteiger charge is 2.07. The first-order chi connectivity index (χ1) is 6.77. The highest BCUT2D eigenvalue weighted by Crippen LogP contribution is 2.29. The molecule has 0 N–H and O–H groups in total. The predicted octanol–water partition coefficient (Wildman–Crippen LogP) is 3.95. The number of hydrogen-bond acceptors (Lipinski definition) is 2. The molecule has 0 radical (unpaired) electrons. The van der Waals surface area contributed by atoms with E-state index in [1.165, 1.54) is 24.0 Å². The first-order valence-electron chi connectivity index (χ1n) is 4.93. The van der Waals surface area contributed by atoms with Crippen molar-refractivity contribution in [2.75, 3.05) is 7.05 Å². The van der Waals surface area contributed by atoms with Gasteiger partial charge in [-0.3, -0.25) is 4.99 Å². The second-order valence-electron chi connectivity index (χ2n) is 3.28. The summed E-state index contributed by atoms with van der Waals surface area (Å²) in [5.74, 6) is 0. The van der Waals surface area contributed by atoms with Gasteiger partial charge in [0.05, 0.1) is 5.55 Å². The van der Waals surface area contributed by atoms with Crippen LogP contribution in [0.4, 0.5) is 0 Å². The van der Waals surface area contributed by atoms with E-state index in [2.05, 4.69) is 30.6 Å². The van der Waals surface area contributed by atoms with E-state index in [0.29, 0.717) is 0 Å². The summed E-state index contributed by atoms with van der Waals surface area (Å²) in [5.41, 5.74) is 4.73. The fraction of sp³-hybridized carbons (Fsp3) is 0.417. The van der Waals surface area contributed by atoms with E-state index in [0.717, 1.165) is 11.3 Å². The Bertz CT molecular complexity index is 297. The van der Waals surface area contributed by atoms with Gasteiger partial charge in [0.1, 0.15) is 0 Å². The molecule has 0 amide bonds. The average molecular weight is 207 g/mol. The molecule has 0 heterocycles. The Morgan fingerprint density at radius 2 is 2.36 bits per heavy atom. The van der Waals surface area contributed by atoms with Gasteiger partial charge >= 0.3 is 0 Å². The molecular weight excluding hydrogens is 190 g/mol. The Morgan fingerprint density at radius 3 is 2.86 bits per heavy atom. The molecule has 0 aliphatic heterocycles. The third-order valence-corrected chi connectivity index (χ3v) is 3.21. The third kappa shape index (κ3) is 3.18. The molecule has 1 rings (SSSR count). The van der Waals surface area contributed by atoms with Crippen LogP contribution in [0.3, 0.4) is 0 Å². The maximum Gasteiger partial charge on any atom is 0.0585 e. The van der Waals surface area contributed by atoms with Crippen LogP contribution in [0.5, 0.6) is 0 Å². The summed E-state index contributed by atoms with van der Waals surface area (Å²) in [6, 6.07) is 0. The van der Waals surface area contributed by atoms with Crippen LogP contribution in [-0.2, 0) is 0 Å². The highest BCUT2D eigenvalue weighted by molar-refractivity contribution is 8.15. The van der Waals surface area contributed by atoms with Gasteiger partial charge in [-0.05, 0) is 24.8 Å². The van der Waals surface area contributed by atoms with Crippen LogP contribution in [-0.4, -0.2) is 12.6 Å². The maximum atomic E-state index is 4.04. The largest absolute Gasteiger partial charge is 0.289 e. The quantitative estimate of drug-likeness (QED) is 0.502. The van der Waals surface area contributed by atoms with Crippen LogP contribution >= 0.6 is 11.8 Å². The molecule has 0 unspecified atom stereocenters. The van der Waals surface area contributed by atoms with Gasteiger partial charge in [-0.1, -0.05) is 43.0 Å². The van der Waals surface area contributed by atoms with E-state index < -0.39 is 0 Å². The molecule has 1 aliphatic rings. The van der Waals surface area contributed by atoms with Crippen molar-refractivity contribution >= 4 is 17.3 Å². The zero-order chi connectivity index (χ0) is 10.4. The van der Waals surface area contributed by atoms with Crippen LogP contribution in [0.2, 0.25) is 0 Å². The fourth-order valence-corrected chi connectivity index (χ4v) is 1.95. The number of hydrogen-bond donors (Lipinski definition) is 0. The first kappa shape index (κ1) is 11.3. The maximum absolute atomic E-state index is 4.04. The van der Waals surface area contributed by atoms with Gasteiger partial charge in [0.15, 0.2) is 0 Å². The van der Waals surface area contributed by atoms with E-state index in [1.54, 1.807) is 18.8 Å². The van der Waals surface area contributed by atoms with Crippen LogP contribution in [0, 0.1) is 0 Å². The van der Waals surface area contributed by atoms with Gasteiger partial charge < -0.3 is 0 Å². The summed E-state index contributed by atoms with van der Waals surface area (Å²) >= 11 is 1.61. The Labute approximate surface area is 90.7 Å². The van der Waals surface area contributed by atoms with Crippen LogP contribution in [0.1, 0.15) is 26.2 Å². The standard InChI is InChI=1S/C12H17NS/c1-4-11-5-7-12(8-6-11)10(2)14-9-13-3/h5,7,9H,2,4,6,8H2,1,3H3. The molecule has 0 spiro atoms. The Balaban J connectivity index is 2.58. The van der Waals surface area contributed by atoms with E-state index in [1.807, 2.05) is 5.55 Å². The van der Waals surface area contributed by atoms with Crippen LogP contribution < -0.4 is 0 Å². The van der Waals surface area contributed by atoms with Gasteiger partial charge in [0, 0.05) is 12.0 Å². The minimum atomic E-state index is 1.13. The molecule has 0 aromatic heterocycles.